The van der Waals surface area contributed by atoms with Crippen LogP contribution >= 0.6 is 23.2 Å². The molecule has 2 aromatic carbocycles. The van der Waals surface area contributed by atoms with Gasteiger partial charge in [-0.3, -0.25) is 0 Å². The zero-order chi connectivity index (χ0) is 15.5. The van der Waals surface area contributed by atoms with Crippen LogP contribution in [0, 0.1) is 0 Å². The van der Waals surface area contributed by atoms with Crippen LogP contribution in [0.4, 0.5) is 0 Å². The van der Waals surface area contributed by atoms with Crippen LogP contribution in [-0.2, 0) is 13.1 Å². The largest absolute Gasteiger partial charge is 0.325 e. The molecule has 0 saturated carbocycles. The molecule has 0 spiro atoms. The summed E-state index contributed by atoms with van der Waals surface area (Å²) in [6.45, 7) is 3.43. The van der Waals surface area contributed by atoms with E-state index in [0.717, 1.165) is 36.2 Å². The first-order valence-electron chi connectivity index (χ1n) is 7.34. The number of hydrogen-bond donors (Lipinski definition) is 1. The number of rotatable bonds is 4. The third-order valence-corrected chi connectivity index (χ3v) is 4.35. The molecule has 1 heterocycles. The first-order chi connectivity index (χ1) is 10.6. The number of nitrogens with two attached hydrogens (primary N) is 1. The average Bonchev–Trinajstić information content (AvgIpc) is 2.83. The number of halogens is 2. The van der Waals surface area contributed by atoms with E-state index in [1.54, 1.807) is 0 Å². The molecule has 0 atom stereocenters. The smallest absolute Gasteiger partial charge is 0.0406 e. The van der Waals surface area contributed by atoms with Crippen LogP contribution in [0.5, 0.6) is 0 Å². The molecule has 0 amide bonds. The summed E-state index contributed by atoms with van der Waals surface area (Å²) in [6, 6.07) is 16.1. The van der Waals surface area contributed by atoms with Gasteiger partial charge in [-0.25, -0.2) is 10.0 Å². The summed E-state index contributed by atoms with van der Waals surface area (Å²) in [7, 11) is 0. The van der Waals surface area contributed by atoms with Gasteiger partial charge < -0.3 is 5.73 Å². The van der Waals surface area contributed by atoms with Gasteiger partial charge in [0.15, 0.2) is 0 Å². The Kier molecular flexibility index (Phi) is 5.01. The molecule has 1 saturated heterocycles. The molecule has 0 aliphatic carbocycles. The maximum Gasteiger partial charge on any atom is 0.0406 e. The van der Waals surface area contributed by atoms with Crippen molar-refractivity contribution in [2.75, 3.05) is 13.1 Å². The van der Waals surface area contributed by atoms with Gasteiger partial charge in [-0.05, 0) is 35.4 Å². The van der Waals surface area contributed by atoms with Gasteiger partial charge in [0.1, 0.15) is 0 Å². The summed E-state index contributed by atoms with van der Waals surface area (Å²) in [5.41, 5.74) is 8.62. The fourth-order valence-corrected chi connectivity index (χ4v) is 3.01. The SMILES string of the molecule is NC1CN(Cc2ccc(Cl)cc2)N(Cc2ccc(Cl)cc2)C1. The van der Waals surface area contributed by atoms with Crippen molar-refractivity contribution in [1.82, 2.24) is 10.0 Å². The first-order valence-corrected chi connectivity index (χ1v) is 8.10. The second-order valence-electron chi connectivity index (χ2n) is 5.71. The van der Waals surface area contributed by atoms with Crippen LogP contribution in [-0.4, -0.2) is 29.1 Å². The van der Waals surface area contributed by atoms with E-state index in [9.17, 15) is 0 Å². The Morgan fingerprint density at radius 1 is 0.773 bits per heavy atom. The van der Waals surface area contributed by atoms with Crippen LogP contribution in [0.3, 0.4) is 0 Å². The highest BCUT2D eigenvalue weighted by Gasteiger charge is 2.27. The van der Waals surface area contributed by atoms with Crippen molar-refractivity contribution in [3.05, 3.63) is 69.7 Å². The quantitative estimate of drug-likeness (QED) is 0.927. The predicted octanol–water partition coefficient (Wildman–Crippen LogP) is 3.55. The zero-order valence-electron chi connectivity index (χ0n) is 12.3. The Labute approximate surface area is 141 Å². The summed E-state index contributed by atoms with van der Waals surface area (Å²) in [5.74, 6) is 0. The second-order valence-corrected chi connectivity index (χ2v) is 6.58. The predicted molar refractivity (Wildman–Crippen MR) is 91.7 cm³/mol. The lowest BCUT2D eigenvalue weighted by molar-refractivity contribution is 0.0109. The molecule has 2 aromatic rings. The second kappa shape index (κ2) is 6.99. The molecular formula is C17H19Cl2N3. The van der Waals surface area contributed by atoms with Gasteiger partial charge in [0, 0.05) is 42.3 Å². The van der Waals surface area contributed by atoms with Crippen LogP contribution in [0.15, 0.2) is 48.5 Å². The summed E-state index contributed by atoms with van der Waals surface area (Å²) in [5, 5.41) is 6.14. The summed E-state index contributed by atoms with van der Waals surface area (Å²) < 4.78 is 0. The zero-order valence-corrected chi connectivity index (χ0v) is 13.8. The van der Waals surface area contributed by atoms with Crippen LogP contribution < -0.4 is 5.73 Å². The number of hydrazine groups is 1. The Balaban J connectivity index is 1.69. The van der Waals surface area contributed by atoms with Crippen molar-refractivity contribution in [3.8, 4) is 0 Å². The van der Waals surface area contributed by atoms with Crippen molar-refractivity contribution in [1.29, 1.82) is 0 Å². The molecule has 22 heavy (non-hydrogen) atoms. The minimum Gasteiger partial charge on any atom is -0.325 e. The number of nitrogens with zero attached hydrogens (tertiary/aromatic N) is 2. The van der Waals surface area contributed by atoms with Crippen LogP contribution in [0.25, 0.3) is 0 Å². The summed E-state index contributed by atoms with van der Waals surface area (Å²) >= 11 is 11.9. The lowest BCUT2D eigenvalue weighted by atomic mass is 10.2. The Morgan fingerprint density at radius 2 is 1.14 bits per heavy atom. The highest BCUT2D eigenvalue weighted by atomic mass is 35.5. The lowest BCUT2D eigenvalue weighted by Gasteiger charge is -2.28. The monoisotopic (exact) mass is 335 g/mol. The molecule has 0 aromatic heterocycles. The number of hydrogen-bond acceptors (Lipinski definition) is 3. The topological polar surface area (TPSA) is 32.5 Å². The van der Waals surface area contributed by atoms with Crippen molar-refractivity contribution in [2.24, 2.45) is 5.73 Å². The number of benzene rings is 2. The minimum atomic E-state index is 0.180. The molecule has 2 N–H and O–H groups in total. The van der Waals surface area contributed by atoms with Gasteiger partial charge in [-0.15, -0.1) is 0 Å². The Bertz CT molecular complexity index is 557. The molecule has 5 heteroatoms. The van der Waals surface area contributed by atoms with Crippen molar-refractivity contribution >= 4 is 23.2 Å². The van der Waals surface area contributed by atoms with Gasteiger partial charge in [-0.1, -0.05) is 47.5 Å². The third-order valence-electron chi connectivity index (χ3n) is 3.85. The molecule has 1 fully saturated rings. The molecule has 116 valence electrons. The minimum absolute atomic E-state index is 0.180. The molecule has 1 aliphatic heterocycles. The van der Waals surface area contributed by atoms with E-state index < -0.39 is 0 Å². The van der Waals surface area contributed by atoms with E-state index in [0.29, 0.717) is 0 Å². The highest BCUT2D eigenvalue weighted by Crippen LogP contribution is 2.19. The van der Waals surface area contributed by atoms with E-state index in [1.807, 2.05) is 24.3 Å². The molecule has 3 rings (SSSR count). The average molecular weight is 336 g/mol. The molecule has 0 bridgehead atoms. The fraction of sp³-hybridized carbons (Fsp3) is 0.294. The molecular weight excluding hydrogens is 317 g/mol. The first kappa shape index (κ1) is 15.8. The third kappa shape index (κ3) is 4.00. The highest BCUT2D eigenvalue weighted by molar-refractivity contribution is 6.30. The van der Waals surface area contributed by atoms with Crippen molar-refractivity contribution in [2.45, 2.75) is 19.1 Å². The van der Waals surface area contributed by atoms with E-state index in [2.05, 4.69) is 34.3 Å². The summed E-state index contributed by atoms with van der Waals surface area (Å²) in [6.07, 6.45) is 0. The maximum absolute atomic E-state index is 6.15. The van der Waals surface area contributed by atoms with Gasteiger partial charge in [-0.2, -0.15) is 0 Å². The maximum atomic E-state index is 6.15. The summed E-state index contributed by atoms with van der Waals surface area (Å²) in [4.78, 5) is 0. The molecule has 0 radical (unpaired) electrons. The van der Waals surface area contributed by atoms with Crippen molar-refractivity contribution in [3.63, 3.8) is 0 Å². The van der Waals surface area contributed by atoms with Gasteiger partial charge in [0.2, 0.25) is 0 Å². The van der Waals surface area contributed by atoms with E-state index in [1.165, 1.54) is 11.1 Å². The van der Waals surface area contributed by atoms with Gasteiger partial charge >= 0.3 is 0 Å². The normalized spacial score (nSPS) is 17.2. The Morgan fingerprint density at radius 3 is 1.50 bits per heavy atom. The van der Waals surface area contributed by atoms with Crippen molar-refractivity contribution < 1.29 is 0 Å². The van der Waals surface area contributed by atoms with Gasteiger partial charge in [0.05, 0.1) is 0 Å². The Hall–Kier alpha value is -1.10. The van der Waals surface area contributed by atoms with E-state index >= 15 is 0 Å². The lowest BCUT2D eigenvalue weighted by Crippen LogP contribution is -2.35. The van der Waals surface area contributed by atoms with Gasteiger partial charge in [0.25, 0.3) is 0 Å². The van der Waals surface area contributed by atoms with Crippen LogP contribution in [0.1, 0.15) is 11.1 Å². The van der Waals surface area contributed by atoms with E-state index in [4.69, 9.17) is 28.9 Å². The fourth-order valence-electron chi connectivity index (χ4n) is 2.76. The molecule has 0 unspecified atom stereocenters. The molecule has 1 aliphatic rings. The van der Waals surface area contributed by atoms with Crippen LogP contribution in [0.2, 0.25) is 10.0 Å². The molecule has 3 nitrogen and oxygen atoms in total. The van der Waals surface area contributed by atoms with E-state index in [-0.39, 0.29) is 6.04 Å². The standard InChI is InChI=1S/C17H19Cl2N3/c18-15-5-1-13(2-6-15)9-21-11-17(20)12-22(21)10-14-3-7-16(19)8-4-14/h1-8,17H,9-12,20H2.